The van der Waals surface area contributed by atoms with E-state index in [0.717, 1.165) is 31.5 Å². The van der Waals surface area contributed by atoms with Crippen LogP contribution in [-0.2, 0) is 4.79 Å². The lowest BCUT2D eigenvalue weighted by Gasteiger charge is -2.35. The van der Waals surface area contributed by atoms with Gasteiger partial charge in [0.25, 0.3) is 0 Å². The molecule has 0 aromatic heterocycles. The van der Waals surface area contributed by atoms with Crippen molar-refractivity contribution in [2.75, 3.05) is 27.3 Å². The predicted octanol–water partition coefficient (Wildman–Crippen LogP) is 3.43. The number of likely N-dealkylation sites (tertiary alicyclic amines) is 1. The summed E-state index contributed by atoms with van der Waals surface area (Å²) in [5, 5.41) is 0. The molecule has 24 heavy (non-hydrogen) atoms. The molecule has 0 saturated carbocycles. The number of hydrogen-bond donors (Lipinski definition) is 0. The number of rotatable bonds is 6. The van der Waals surface area contributed by atoms with Crippen LogP contribution in [0.25, 0.3) is 0 Å². The number of aryl methyl sites for hydroxylation is 1. The summed E-state index contributed by atoms with van der Waals surface area (Å²) in [6.07, 6.45) is 3.50. The topological polar surface area (TPSA) is 48.0 Å². The summed E-state index contributed by atoms with van der Waals surface area (Å²) in [6.45, 7) is 7.95. The molecule has 0 amide bonds. The molecule has 0 bridgehead atoms. The molecule has 134 valence electrons. The third-order valence-electron chi connectivity index (χ3n) is 4.46. The average Bonchev–Trinajstić information content (AvgIpc) is 2.56. The van der Waals surface area contributed by atoms with Crippen LogP contribution >= 0.6 is 0 Å². The number of benzene rings is 1. The smallest absolute Gasteiger partial charge is 0.329 e. The highest BCUT2D eigenvalue weighted by Gasteiger charge is 2.32. The average molecular weight is 335 g/mol. The van der Waals surface area contributed by atoms with Gasteiger partial charge in [0.1, 0.15) is 6.04 Å². The number of piperidine rings is 1. The zero-order chi connectivity index (χ0) is 17.7. The van der Waals surface area contributed by atoms with Crippen LogP contribution in [-0.4, -0.2) is 44.2 Å². The van der Waals surface area contributed by atoms with Crippen molar-refractivity contribution in [3.63, 3.8) is 0 Å². The molecule has 0 N–H and O–H groups in total. The molecule has 1 aromatic rings. The second kappa shape index (κ2) is 8.38. The first-order valence-corrected chi connectivity index (χ1v) is 8.66. The minimum Gasteiger partial charge on any atom is -0.493 e. The van der Waals surface area contributed by atoms with Gasteiger partial charge in [-0.15, -0.1) is 0 Å². The molecule has 1 saturated heterocycles. The quantitative estimate of drug-likeness (QED) is 0.589. The summed E-state index contributed by atoms with van der Waals surface area (Å²) in [4.78, 5) is 15.1. The van der Waals surface area contributed by atoms with E-state index in [1.165, 1.54) is 6.42 Å². The fourth-order valence-corrected chi connectivity index (χ4v) is 3.31. The second-order valence-corrected chi connectivity index (χ2v) is 6.71. The van der Waals surface area contributed by atoms with Gasteiger partial charge in [0.15, 0.2) is 11.5 Å². The minimum atomic E-state index is -0.249. The highest BCUT2D eigenvalue weighted by atomic mass is 16.6. The lowest BCUT2D eigenvalue weighted by Crippen LogP contribution is -2.48. The maximum absolute atomic E-state index is 12.9. The molecule has 0 aliphatic carbocycles. The van der Waals surface area contributed by atoms with Crippen molar-refractivity contribution in [2.24, 2.45) is 5.92 Å². The SMILES string of the molecule is COc1cc(C)cc(OC)c1OC(=O)C(C(C)C)N1CCCCC1. The largest absolute Gasteiger partial charge is 0.493 e. The van der Waals surface area contributed by atoms with Gasteiger partial charge in [0.05, 0.1) is 14.2 Å². The summed E-state index contributed by atoms with van der Waals surface area (Å²) in [6, 6.07) is 3.44. The first-order chi connectivity index (χ1) is 11.5. The standard InChI is InChI=1S/C19H29NO4/c1-13(2)17(20-9-7-6-8-10-20)19(21)24-18-15(22-4)11-14(3)12-16(18)23-5/h11-13,17H,6-10H2,1-5H3. The normalized spacial score (nSPS) is 16.8. The van der Waals surface area contributed by atoms with Crippen molar-refractivity contribution in [1.82, 2.24) is 4.90 Å². The zero-order valence-electron chi connectivity index (χ0n) is 15.4. The number of carbonyl (C=O) groups excluding carboxylic acids is 1. The molecule has 2 rings (SSSR count). The van der Waals surface area contributed by atoms with Gasteiger partial charge < -0.3 is 14.2 Å². The maximum atomic E-state index is 12.9. The van der Waals surface area contributed by atoms with Gasteiger partial charge in [0, 0.05) is 0 Å². The molecule has 1 unspecified atom stereocenters. The van der Waals surface area contributed by atoms with Crippen LogP contribution < -0.4 is 14.2 Å². The molecule has 1 aromatic carbocycles. The van der Waals surface area contributed by atoms with E-state index < -0.39 is 0 Å². The number of hydrogen-bond acceptors (Lipinski definition) is 5. The number of ether oxygens (including phenoxy) is 3. The molecule has 1 aliphatic rings. The first kappa shape index (κ1) is 18.6. The van der Waals surface area contributed by atoms with E-state index in [2.05, 4.69) is 18.7 Å². The van der Waals surface area contributed by atoms with Gasteiger partial charge in [-0.3, -0.25) is 4.90 Å². The first-order valence-electron chi connectivity index (χ1n) is 8.66. The van der Waals surface area contributed by atoms with Gasteiger partial charge >= 0.3 is 5.97 Å². The summed E-state index contributed by atoms with van der Waals surface area (Å²) in [5.74, 6) is 1.33. The predicted molar refractivity (Wildman–Crippen MR) is 94.0 cm³/mol. The zero-order valence-corrected chi connectivity index (χ0v) is 15.4. The monoisotopic (exact) mass is 335 g/mol. The molecule has 1 fully saturated rings. The number of carbonyl (C=O) groups is 1. The summed E-state index contributed by atoms with van der Waals surface area (Å²) >= 11 is 0. The number of esters is 1. The lowest BCUT2D eigenvalue weighted by atomic mass is 9.99. The van der Waals surface area contributed by atoms with Crippen LogP contribution in [0.1, 0.15) is 38.7 Å². The van der Waals surface area contributed by atoms with Gasteiger partial charge in [0.2, 0.25) is 5.75 Å². The fourth-order valence-electron chi connectivity index (χ4n) is 3.31. The Morgan fingerprint density at radius 2 is 1.58 bits per heavy atom. The number of methoxy groups -OCH3 is 2. The summed E-state index contributed by atoms with van der Waals surface area (Å²) in [5.41, 5.74) is 0.986. The fraction of sp³-hybridized carbons (Fsp3) is 0.632. The molecule has 0 spiro atoms. The van der Waals surface area contributed by atoms with E-state index in [1.807, 2.05) is 19.1 Å². The van der Waals surface area contributed by atoms with Crippen LogP contribution in [0.2, 0.25) is 0 Å². The Labute approximate surface area is 144 Å². The van der Waals surface area contributed by atoms with Crippen LogP contribution in [0.15, 0.2) is 12.1 Å². The molecular formula is C19H29NO4. The van der Waals surface area contributed by atoms with Crippen LogP contribution in [0.5, 0.6) is 17.2 Å². The Morgan fingerprint density at radius 3 is 2.04 bits per heavy atom. The molecule has 1 aliphatic heterocycles. The summed E-state index contributed by atoms with van der Waals surface area (Å²) in [7, 11) is 3.13. The number of nitrogens with zero attached hydrogens (tertiary/aromatic N) is 1. The molecule has 5 heteroatoms. The van der Waals surface area contributed by atoms with Gasteiger partial charge in [-0.05, 0) is 56.5 Å². The third kappa shape index (κ3) is 4.20. The van der Waals surface area contributed by atoms with E-state index in [4.69, 9.17) is 14.2 Å². The van der Waals surface area contributed by atoms with Crippen LogP contribution in [0.4, 0.5) is 0 Å². The van der Waals surface area contributed by atoms with E-state index in [1.54, 1.807) is 14.2 Å². The molecule has 1 heterocycles. The van der Waals surface area contributed by atoms with Gasteiger partial charge in [-0.1, -0.05) is 20.3 Å². The van der Waals surface area contributed by atoms with Crippen molar-refractivity contribution < 1.29 is 19.0 Å². The second-order valence-electron chi connectivity index (χ2n) is 6.71. The van der Waals surface area contributed by atoms with Crippen molar-refractivity contribution >= 4 is 5.97 Å². The van der Waals surface area contributed by atoms with Gasteiger partial charge in [-0.2, -0.15) is 0 Å². The Kier molecular flexibility index (Phi) is 6.49. The Morgan fingerprint density at radius 1 is 1.04 bits per heavy atom. The maximum Gasteiger partial charge on any atom is 0.329 e. The van der Waals surface area contributed by atoms with Crippen LogP contribution in [0, 0.1) is 12.8 Å². The highest BCUT2D eigenvalue weighted by Crippen LogP contribution is 2.39. The molecule has 5 nitrogen and oxygen atoms in total. The summed E-state index contributed by atoms with van der Waals surface area (Å²) < 4.78 is 16.5. The molecular weight excluding hydrogens is 306 g/mol. The molecule has 1 atom stereocenters. The van der Waals surface area contributed by atoms with Crippen LogP contribution in [0.3, 0.4) is 0 Å². The van der Waals surface area contributed by atoms with Crippen molar-refractivity contribution in [3.8, 4) is 17.2 Å². The Balaban J connectivity index is 2.26. The third-order valence-corrected chi connectivity index (χ3v) is 4.46. The van der Waals surface area contributed by atoms with Gasteiger partial charge in [-0.25, -0.2) is 4.79 Å². The van der Waals surface area contributed by atoms with Crippen molar-refractivity contribution in [1.29, 1.82) is 0 Å². The van der Waals surface area contributed by atoms with E-state index in [-0.39, 0.29) is 17.9 Å². The van der Waals surface area contributed by atoms with E-state index in [0.29, 0.717) is 17.2 Å². The van der Waals surface area contributed by atoms with E-state index >= 15 is 0 Å². The molecule has 0 radical (unpaired) electrons. The minimum absolute atomic E-state index is 0.179. The van der Waals surface area contributed by atoms with Crippen molar-refractivity contribution in [2.45, 2.75) is 46.1 Å². The Hall–Kier alpha value is -1.75. The van der Waals surface area contributed by atoms with E-state index in [9.17, 15) is 4.79 Å². The lowest BCUT2D eigenvalue weighted by molar-refractivity contribution is -0.143. The highest BCUT2D eigenvalue weighted by molar-refractivity contribution is 5.80. The van der Waals surface area contributed by atoms with Crippen molar-refractivity contribution in [3.05, 3.63) is 17.7 Å². The Bertz CT molecular complexity index is 539.